The number of hydrogen-bond acceptors (Lipinski definition) is 11. The van der Waals surface area contributed by atoms with Crippen LogP contribution in [0.5, 0.6) is 5.75 Å². The minimum atomic E-state index is -1.31. The van der Waals surface area contributed by atoms with Gasteiger partial charge in [0.1, 0.15) is 24.5 Å². The Morgan fingerprint density at radius 2 is 1.55 bits per heavy atom. The van der Waals surface area contributed by atoms with Crippen LogP contribution in [0.15, 0.2) is 24.3 Å². The van der Waals surface area contributed by atoms with E-state index in [9.17, 15) is 29.3 Å². The fourth-order valence-electron chi connectivity index (χ4n) is 3.17. The van der Waals surface area contributed by atoms with Crippen LogP contribution in [-0.2, 0) is 38.1 Å². The number of benzene rings is 1. The lowest BCUT2D eigenvalue weighted by molar-refractivity contribution is -0.384. The maximum absolute atomic E-state index is 11.9. The quantitative estimate of drug-likeness (QED) is 0.246. The molecule has 180 valence electrons. The smallest absolute Gasteiger partial charge is 0.303 e. The third-order valence-corrected chi connectivity index (χ3v) is 4.37. The van der Waals surface area contributed by atoms with E-state index in [1.54, 1.807) is 0 Å². The van der Waals surface area contributed by atoms with Crippen molar-refractivity contribution >= 4 is 29.5 Å². The minimum absolute atomic E-state index is 0.139. The highest BCUT2D eigenvalue weighted by Gasteiger charge is 2.51. The van der Waals surface area contributed by atoms with Crippen molar-refractivity contribution < 1.29 is 47.8 Å². The molecule has 13 heteroatoms. The summed E-state index contributed by atoms with van der Waals surface area (Å²) in [5, 5.41) is 13.4. The highest BCUT2D eigenvalue weighted by atomic mass is 16.7. The van der Waals surface area contributed by atoms with Crippen molar-refractivity contribution in [3.63, 3.8) is 0 Å². The number of nitro benzene ring substituents is 1. The number of nitrogens with zero attached hydrogens (tertiary/aromatic N) is 1. The van der Waals surface area contributed by atoms with Crippen molar-refractivity contribution in [1.29, 1.82) is 0 Å². The summed E-state index contributed by atoms with van der Waals surface area (Å²) >= 11 is 0. The van der Waals surface area contributed by atoms with Gasteiger partial charge in [0, 0.05) is 39.8 Å². The van der Waals surface area contributed by atoms with Gasteiger partial charge in [-0.1, -0.05) is 0 Å². The highest BCUT2D eigenvalue weighted by molar-refractivity contribution is 5.73. The topological polar surface area (TPSA) is 170 Å². The fourth-order valence-corrected chi connectivity index (χ4v) is 3.17. The highest BCUT2D eigenvalue weighted by Crippen LogP contribution is 2.29. The normalized spacial score (nSPS) is 24.2. The third-order valence-electron chi connectivity index (χ3n) is 4.37. The molecule has 1 saturated heterocycles. The number of hydrogen-bond donors (Lipinski definition) is 1. The van der Waals surface area contributed by atoms with Gasteiger partial charge in [-0.2, -0.15) is 0 Å². The maximum Gasteiger partial charge on any atom is 0.303 e. The van der Waals surface area contributed by atoms with Crippen LogP contribution in [0, 0.1) is 10.1 Å². The number of carbonyl (C=O) groups excluding carboxylic acids is 4. The largest absolute Gasteiger partial charge is 0.463 e. The molecule has 2 rings (SSSR count). The lowest BCUT2D eigenvalue weighted by atomic mass is 9.96. The molecule has 1 aliphatic heterocycles. The molecule has 0 unspecified atom stereocenters. The Hall–Kier alpha value is -3.74. The molecule has 33 heavy (non-hydrogen) atoms. The SMILES string of the molecule is CC(=O)N[C@@H]1[C@@H](Oc2ccc([N+](=O)[O-])cc2)O[C@@H](COC(C)=O)[C@@H](OC(C)=O)[C@H]1OC(C)=O. The Morgan fingerprint density at radius 3 is 2.03 bits per heavy atom. The molecule has 1 fully saturated rings. The fraction of sp³-hybridized carbons (Fsp3) is 0.500. The minimum Gasteiger partial charge on any atom is -0.463 e. The van der Waals surface area contributed by atoms with Crippen molar-refractivity contribution in [3.8, 4) is 5.75 Å². The van der Waals surface area contributed by atoms with Gasteiger partial charge in [0.15, 0.2) is 12.2 Å². The van der Waals surface area contributed by atoms with Crippen molar-refractivity contribution in [1.82, 2.24) is 5.32 Å². The number of ether oxygens (including phenoxy) is 5. The van der Waals surface area contributed by atoms with E-state index in [1.165, 1.54) is 31.2 Å². The van der Waals surface area contributed by atoms with Crippen LogP contribution in [-0.4, -0.2) is 66.0 Å². The molecule has 13 nitrogen and oxygen atoms in total. The molecular weight excluding hydrogens is 444 g/mol. The van der Waals surface area contributed by atoms with Crippen LogP contribution in [0.1, 0.15) is 27.7 Å². The first-order chi connectivity index (χ1) is 15.5. The summed E-state index contributed by atoms with van der Waals surface area (Å²) in [6, 6.07) is 3.87. The molecule has 1 amide bonds. The number of carbonyl (C=O) groups is 4. The van der Waals surface area contributed by atoms with Gasteiger partial charge in [-0.05, 0) is 12.1 Å². The molecule has 0 saturated carbocycles. The van der Waals surface area contributed by atoms with E-state index in [2.05, 4.69) is 5.32 Å². The summed E-state index contributed by atoms with van der Waals surface area (Å²) < 4.78 is 27.2. The Morgan fingerprint density at radius 1 is 0.970 bits per heavy atom. The first-order valence-electron chi connectivity index (χ1n) is 9.79. The average molecular weight is 468 g/mol. The van der Waals surface area contributed by atoms with Gasteiger partial charge in [0.05, 0.1) is 4.92 Å². The van der Waals surface area contributed by atoms with Gasteiger partial charge in [-0.15, -0.1) is 0 Å². The summed E-state index contributed by atoms with van der Waals surface area (Å²) in [5.41, 5.74) is -0.175. The lowest BCUT2D eigenvalue weighted by Crippen LogP contribution is -2.67. The first-order valence-corrected chi connectivity index (χ1v) is 9.79. The van der Waals surface area contributed by atoms with E-state index >= 15 is 0 Å². The van der Waals surface area contributed by atoms with Crippen molar-refractivity contribution in [3.05, 3.63) is 34.4 Å². The summed E-state index contributed by atoms with van der Waals surface area (Å²) in [4.78, 5) is 57.0. The molecule has 1 N–H and O–H groups in total. The van der Waals surface area contributed by atoms with Gasteiger partial charge < -0.3 is 29.0 Å². The Bertz CT molecular complexity index is 902. The van der Waals surface area contributed by atoms with E-state index in [-0.39, 0.29) is 18.0 Å². The Labute approximate surface area is 188 Å². The van der Waals surface area contributed by atoms with Crippen LogP contribution in [0.2, 0.25) is 0 Å². The second-order valence-electron chi connectivity index (χ2n) is 7.09. The summed E-state index contributed by atoms with van der Waals surface area (Å²) in [6.45, 7) is 4.24. The van der Waals surface area contributed by atoms with Gasteiger partial charge in [-0.25, -0.2) is 0 Å². The Balaban J connectivity index is 2.43. The predicted molar refractivity (Wildman–Crippen MR) is 108 cm³/mol. The summed E-state index contributed by atoms with van der Waals surface area (Å²) in [6.07, 6.45) is -4.96. The van der Waals surface area contributed by atoms with Gasteiger partial charge in [0.2, 0.25) is 12.2 Å². The van der Waals surface area contributed by atoms with Crippen LogP contribution in [0.25, 0.3) is 0 Å². The zero-order valence-electron chi connectivity index (χ0n) is 18.3. The number of nitrogens with one attached hydrogen (secondary N) is 1. The van der Waals surface area contributed by atoms with Gasteiger partial charge >= 0.3 is 17.9 Å². The Kier molecular flexibility index (Phi) is 8.68. The monoisotopic (exact) mass is 468 g/mol. The zero-order valence-corrected chi connectivity index (χ0v) is 18.3. The van der Waals surface area contributed by atoms with Crippen LogP contribution >= 0.6 is 0 Å². The molecule has 1 heterocycles. The zero-order chi connectivity index (χ0) is 24.7. The van der Waals surface area contributed by atoms with Gasteiger partial charge in [0.25, 0.3) is 5.69 Å². The standard InChI is InChI=1S/C20H24N2O11/c1-10(23)21-17-19(31-13(4)26)18(30-12(3)25)16(9-29-11(2)24)33-20(17)32-15-7-5-14(6-8-15)22(27)28/h5-8,16-20H,9H2,1-4H3,(H,21,23)/t16-,17-,18+,19-,20-/m0/s1. The molecule has 1 aromatic carbocycles. The molecule has 1 aromatic rings. The summed E-state index contributed by atoms with van der Waals surface area (Å²) in [5.74, 6) is -2.50. The molecule has 5 atom stereocenters. The number of amides is 1. The maximum atomic E-state index is 11.9. The molecule has 0 aromatic heterocycles. The molecule has 0 bridgehead atoms. The second kappa shape index (κ2) is 11.2. The van der Waals surface area contributed by atoms with Crippen LogP contribution < -0.4 is 10.1 Å². The van der Waals surface area contributed by atoms with E-state index in [0.29, 0.717) is 0 Å². The number of esters is 3. The predicted octanol–water partition coefficient (Wildman–Crippen LogP) is 0.630. The molecule has 0 aliphatic carbocycles. The van der Waals surface area contributed by atoms with E-state index < -0.39 is 59.4 Å². The molecular formula is C20H24N2O11. The van der Waals surface area contributed by atoms with Crippen LogP contribution in [0.3, 0.4) is 0 Å². The number of nitro groups is 1. The number of rotatable bonds is 8. The van der Waals surface area contributed by atoms with Crippen molar-refractivity contribution in [2.24, 2.45) is 0 Å². The molecule has 1 aliphatic rings. The van der Waals surface area contributed by atoms with Crippen molar-refractivity contribution in [2.75, 3.05) is 6.61 Å². The number of non-ortho nitro benzene ring substituents is 1. The first kappa shape index (κ1) is 25.5. The third kappa shape index (κ3) is 7.42. The molecule has 0 radical (unpaired) electrons. The summed E-state index contributed by atoms with van der Waals surface area (Å²) in [7, 11) is 0. The van der Waals surface area contributed by atoms with Gasteiger partial charge in [-0.3, -0.25) is 29.3 Å². The molecule has 0 spiro atoms. The van der Waals surface area contributed by atoms with Crippen molar-refractivity contribution in [2.45, 2.75) is 58.3 Å². The second-order valence-corrected chi connectivity index (χ2v) is 7.09. The average Bonchev–Trinajstić information content (AvgIpc) is 2.70. The van der Waals surface area contributed by atoms with E-state index in [1.807, 2.05) is 0 Å². The van der Waals surface area contributed by atoms with E-state index in [0.717, 1.165) is 20.8 Å². The van der Waals surface area contributed by atoms with E-state index in [4.69, 9.17) is 23.7 Å². The van der Waals surface area contributed by atoms with Crippen LogP contribution in [0.4, 0.5) is 5.69 Å². The lowest BCUT2D eigenvalue weighted by Gasteiger charge is -2.44.